The number of amides is 1. The zero-order valence-electron chi connectivity index (χ0n) is 13.1. The lowest BCUT2D eigenvalue weighted by molar-refractivity contribution is 0.0864. The summed E-state index contributed by atoms with van der Waals surface area (Å²) < 4.78 is 27.8. The maximum Gasteiger partial charge on any atom is 0.364 e. The van der Waals surface area contributed by atoms with Crippen molar-refractivity contribution in [3.05, 3.63) is 29.2 Å². The molecule has 23 heavy (non-hydrogen) atoms. The molecule has 6 nitrogen and oxygen atoms in total. The second-order valence-electron chi connectivity index (χ2n) is 5.49. The minimum atomic E-state index is -3.60. The average Bonchev–Trinajstić information content (AvgIpc) is 2.84. The number of halogens is 3. The summed E-state index contributed by atoms with van der Waals surface area (Å²) in [7, 11) is 3.87. The molecular formula is C14H18ClF2N5O. The van der Waals surface area contributed by atoms with Gasteiger partial charge in [-0.1, -0.05) is 0 Å². The van der Waals surface area contributed by atoms with E-state index in [1.54, 1.807) is 6.92 Å². The molecule has 2 aromatic rings. The van der Waals surface area contributed by atoms with Crippen LogP contribution in [0.25, 0.3) is 5.65 Å². The van der Waals surface area contributed by atoms with Gasteiger partial charge in [0.15, 0.2) is 11.3 Å². The quantitative estimate of drug-likeness (QED) is 0.642. The van der Waals surface area contributed by atoms with E-state index in [0.717, 1.165) is 23.5 Å². The van der Waals surface area contributed by atoms with Crippen LogP contribution in [0.3, 0.4) is 0 Å². The Labute approximate surface area is 137 Å². The third-order valence-electron chi connectivity index (χ3n) is 3.15. The van der Waals surface area contributed by atoms with Gasteiger partial charge in [-0.15, -0.1) is 0 Å². The average molecular weight is 346 g/mol. The van der Waals surface area contributed by atoms with Crippen molar-refractivity contribution in [3.8, 4) is 0 Å². The van der Waals surface area contributed by atoms with E-state index in [0.29, 0.717) is 12.2 Å². The van der Waals surface area contributed by atoms with Crippen LogP contribution in [0.5, 0.6) is 0 Å². The van der Waals surface area contributed by atoms with Gasteiger partial charge in [-0.3, -0.25) is 4.79 Å². The number of hydrogen-bond donors (Lipinski definition) is 1. The molecule has 0 fully saturated rings. The van der Waals surface area contributed by atoms with Crippen LogP contribution in [0.2, 0.25) is 0 Å². The summed E-state index contributed by atoms with van der Waals surface area (Å²) in [5.41, 5.74) is 0.0212. The van der Waals surface area contributed by atoms with Gasteiger partial charge in [-0.25, -0.2) is 9.50 Å². The summed E-state index contributed by atoms with van der Waals surface area (Å²) in [4.78, 5) is 18.1. The highest BCUT2D eigenvalue weighted by atomic mass is 35.5. The minimum Gasteiger partial charge on any atom is -0.351 e. The normalized spacial score (nSPS) is 12.1. The van der Waals surface area contributed by atoms with Crippen molar-refractivity contribution >= 4 is 23.2 Å². The lowest BCUT2D eigenvalue weighted by Crippen LogP contribution is -2.27. The molecular weight excluding hydrogens is 328 g/mol. The van der Waals surface area contributed by atoms with Gasteiger partial charge >= 0.3 is 5.38 Å². The molecule has 0 radical (unpaired) electrons. The summed E-state index contributed by atoms with van der Waals surface area (Å²) >= 11 is 5.10. The number of fused-ring (bicyclic) bond motifs is 1. The minimum absolute atomic E-state index is 0.0233. The van der Waals surface area contributed by atoms with E-state index in [4.69, 9.17) is 11.6 Å². The molecule has 0 aliphatic carbocycles. The lowest BCUT2D eigenvalue weighted by atomic mass is 10.3. The standard InChI is InChI=1S/C14H18ClF2N5O/c1-9-7-11(14(15,16)17)22-12(19-9)8-10(20-22)13(23)18-5-4-6-21(2)3/h7-8H,4-6H2,1-3H3,(H,18,23). The highest BCUT2D eigenvalue weighted by Crippen LogP contribution is 2.32. The SMILES string of the molecule is Cc1cc(C(F)(F)Cl)n2nc(C(=O)NCCCN(C)C)cc2n1. The van der Waals surface area contributed by atoms with Crippen molar-refractivity contribution in [1.29, 1.82) is 0 Å². The van der Waals surface area contributed by atoms with Crippen molar-refractivity contribution in [3.63, 3.8) is 0 Å². The molecule has 2 rings (SSSR count). The van der Waals surface area contributed by atoms with Crippen LogP contribution in [0, 0.1) is 6.92 Å². The molecule has 0 aliphatic heterocycles. The van der Waals surface area contributed by atoms with E-state index < -0.39 is 17.0 Å². The Morgan fingerprint density at radius 1 is 1.43 bits per heavy atom. The second kappa shape index (κ2) is 6.76. The number of aromatic nitrogens is 3. The van der Waals surface area contributed by atoms with Gasteiger partial charge in [-0.05, 0) is 51.7 Å². The highest BCUT2D eigenvalue weighted by Gasteiger charge is 2.32. The van der Waals surface area contributed by atoms with Crippen LogP contribution < -0.4 is 5.32 Å². The van der Waals surface area contributed by atoms with Crippen LogP contribution in [-0.2, 0) is 5.38 Å². The van der Waals surface area contributed by atoms with Crippen molar-refractivity contribution in [2.24, 2.45) is 0 Å². The summed E-state index contributed by atoms with van der Waals surface area (Å²) in [6.45, 7) is 2.87. The fourth-order valence-electron chi connectivity index (χ4n) is 2.10. The predicted molar refractivity (Wildman–Crippen MR) is 83.0 cm³/mol. The first-order valence-corrected chi connectivity index (χ1v) is 7.44. The van der Waals surface area contributed by atoms with Gasteiger partial charge in [0.2, 0.25) is 0 Å². The van der Waals surface area contributed by atoms with Gasteiger partial charge < -0.3 is 10.2 Å². The fourth-order valence-corrected chi connectivity index (χ4v) is 2.24. The Balaban J connectivity index is 2.21. The zero-order valence-corrected chi connectivity index (χ0v) is 13.9. The number of aryl methyl sites for hydroxylation is 1. The van der Waals surface area contributed by atoms with Crippen LogP contribution in [0.4, 0.5) is 8.78 Å². The van der Waals surface area contributed by atoms with E-state index >= 15 is 0 Å². The first kappa shape index (κ1) is 17.6. The summed E-state index contributed by atoms with van der Waals surface area (Å²) in [6, 6.07) is 2.51. The number of nitrogens with zero attached hydrogens (tertiary/aromatic N) is 4. The molecule has 126 valence electrons. The van der Waals surface area contributed by atoms with E-state index in [1.165, 1.54) is 6.07 Å². The van der Waals surface area contributed by atoms with Crippen molar-refractivity contribution in [2.45, 2.75) is 18.7 Å². The van der Waals surface area contributed by atoms with Crippen LogP contribution in [0.1, 0.15) is 28.3 Å². The zero-order chi connectivity index (χ0) is 17.2. The van der Waals surface area contributed by atoms with Crippen LogP contribution in [-0.4, -0.2) is 52.6 Å². The Morgan fingerprint density at radius 3 is 2.74 bits per heavy atom. The molecule has 0 bridgehead atoms. The monoisotopic (exact) mass is 345 g/mol. The maximum atomic E-state index is 13.5. The molecule has 9 heteroatoms. The molecule has 1 amide bonds. The third-order valence-corrected chi connectivity index (χ3v) is 3.34. The Hall–Kier alpha value is -1.80. The first-order chi connectivity index (χ1) is 10.7. The van der Waals surface area contributed by atoms with Gasteiger partial charge in [0, 0.05) is 18.3 Å². The number of carbonyl (C=O) groups excluding carboxylic acids is 1. The number of carbonyl (C=O) groups is 1. The molecule has 2 heterocycles. The largest absolute Gasteiger partial charge is 0.364 e. The van der Waals surface area contributed by atoms with Crippen molar-refractivity contribution in [2.75, 3.05) is 27.2 Å². The number of nitrogens with one attached hydrogen (secondary N) is 1. The summed E-state index contributed by atoms with van der Waals surface area (Å²) in [6.07, 6.45) is 0.772. The van der Waals surface area contributed by atoms with E-state index in [9.17, 15) is 13.6 Å². The topological polar surface area (TPSA) is 62.5 Å². The van der Waals surface area contributed by atoms with Gasteiger partial charge in [0.1, 0.15) is 5.69 Å². The lowest BCUT2D eigenvalue weighted by Gasteiger charge is -2.10. The molecule has 2 aromatic heterocycles. The molecule has 0 spiro atoms. The molecule has 0 saturated carbocycles. The summed E-state index contributed by atoms with van der Waals surface area (Å²) in [5.74, 6) is -0.434. The van der Waals surface area contributed by atoms with Gasteiger partial charge in [0.05, 0.1) is 0 Å². The second-order valence-corrected chi connectivity index (χ2v) is 5.97. The first-order valence-electron chi connectivity index (χ1n) is 7.06. The third kappa shape index (κ3) is 4.35. The fraction of sp³-hybridized carbons (Fsp3) is 0.500. The molecule has 0 aromatic carbocycles. The Bertz CT molecular complexity index is 711. The molecule has 0 saturated heterocycles. The van der Waals surface area contributed by atoms with E-state index in [1.807, 2.05) is 19.0 Å². The summed E-state index contributed by atoms with van der Waals surface area (Å²) in [5, 5.41) is 3.00. The Kier molecular flexibility index (Phi) is 5.16. The van der Waals surface area contributed by atoms with Crippen molar-refractivity contribution in [1.82, 2.24) is 24.8 Å². The molecule has 0 aliphatic rings. The van der Waals surface area contributed by atoms with Crippen LogP contribution in [0.15, 0.2) is 12.1 Å². The number of hydrogen-bond acceptors (Lipinski definition) is 4. The smallest absolute Gasteiger partial charge is 0.351 e. The van der Waals surface area contributed by atoms with Crippen molar-refractivity contribution < 1.29 is 13.6 Å². The van der Waals surface area contributed by atoms with Crippen LogP contribution >= 0.6 is 11.6 Å². The number of alkyl halides is 3. The molecule has 0 unspecified atom stereocenters. The predicted octanol–water partition coefficient (Wildman–Crippen LogP) is 2.01. The number of rotatable bonds is 6. The van der Waals surface area contributed by atoms with E-state index in [2.05, 4.69) is 15.4 Å². The molecule has 0 atom stereocenters. The van der Waals surface area contributed by atoms with E-state index in [-0.39, 0.29) is 11.3 Å². The molecule has 1 N–H and O–H groups in total. The highest BCUT2D eigenvalue weighted by molar-refractivity contribution is 6.21. The van der Waals surface area contributed by atoms with Gasteiger partial charge in [-0.2, -0.15) is 13.9 Å². The maximum absolute atomic E-state index is 13.5. The van der Waals surface area contributed by atoms with Gasteiger partial charge in [0.25, 0.3) is 5.91 Å². The Morgan fingerprint density at radius 2 is 2.13 bits per heavy atom.